The van der Waals surface area contributed by atoms with Gasteiger partial charge in [-0.2, -0.15) is 0 Å². The van der Waals surface area contributed by atoms with Crippen LogP contribution in [0.4, 0.5) is 10.7 Å². The number of nitrogens with one attached hydrogen (secondary N) is 1. The van der Waals surface area contributed by atoms with Crippen molar-refractivity contribution in [3.8, 4) is 11.5 Å². The average molecular weight is 310 g/mol. The van der Waals surface area contributed by atoms with Crippen molar-refractivity contribution in [2.45, 2.75) is 13.5 Å². The van der Waals surface area contributed by atoms with Crippen LogP contribution < -0.4 is 14.8 Å². The van der Waals surface area contributed by atoms with Crippen molar-refractivity contribution in [3.63, 3.8) is 0 Å². The third-order valence-electron chi connectivity index (χ3n) is 2.62. The maximum Gasteiger partial charge on any atom is 0.273 e. The lowest BCUT2D eigenvalue weighted by molar-refractivity contribution is -0.385. The quantitative estimate of drug-likeness (QED) is 0.619. The second-order valence-corrected chi connectivity index (χ2v) is 4.71. The zero-order valence-corrected chi connectivity index (χ0v) is 12.3. The van der Waals surface area contributed by atoms with E-state index in [1.165, 1.54) is 36.8 Å². The molecule has 112 valence electrons. The van der Waals surface area contributed by atoms with Crippen LogP contribution in [0.25, 0.3) is 0 Å². The Hall–Kier alpha value is -2.42. The maximum atomic E-state index is 10.7. The van der Waals surface area contributed by atoms with Crippen molar-refractivity contribution in [3.05, 3.63) is 34.0 Å². The highest BCUT2D eigenvalue weighted by atomic mass is 32.1. The number of methoxy groups -OCH3 is 1. The summed E-state index contributed by atoms with van der Waals surface area (Å²) in [5.41, 5.74) is 0.630. The van der Waals surface area contributed by atoms with Crippen LogP contribution in [-0.4, -0.2) is 28.2 Å². The van der Waals surface area contributed by atoms with Gasteiger partial charge in [-0.3, -0.25) is 10.1 Å². The van der Waals surface area contributed by atoms with Crippen LogP contribution in [-0.2, 0) is 6.61 Å². The van der Waals surface area contributed by atoms with Crippen molar-refractivity contribution in [2.24, 2.45) is 0 Å². The fourth-order valence-electron chi connectivity index (χ4n) is 1.63. The Morgan fingerprint density at radius 2 is 2.24 bits per heavy atom. The molecule has 0 fully saturated rings. The van der Waals surface area contributed by atoms with Gasteiger partial charge in [-0.05, 0) is 13.0 Å². The van der Waals surface area contributed by atoms with E-state index in [1.807, 2.05) is 6.92 Å². The Morgan fingerprint density at radius 1 is 1.43 bits per heavy atom. The third-order valence-corrected chi connectivity index (χ3v) is 3.34. The number of ether oxygens (including phenoxy) is 2. The third kappa shape index (κ3) is 3.57. The number of rotatable bonds is 7. The van der Waals surface area contributed by atoms with Gasteiger partial charge in [-0.1, -0.05) is 4.49 Å². The Kier molecular flexibility index (Phi) is 4.88. The molecule has 21 heavy (non-hydrogen) atoms. The zero-order valence-electron chi connectivity index (χ0n) is 11.5. The molecule has 0 saturated carbocycles. The van der Waals surface area contributed by atoms with E-state index in [1.54, 1.807) is 0 Å². The van der Waals surface area contributed by atoms with E-state index >= 15 is 0 Å². The molecular weight excluding hydrogens is 296 g/mol. The lowest BCUT2D eigenvalue weighted by atomic mass is 10.3. The first kappa shape index (κ1) is 15.0. The number of benzene rings is 1. The maximum absolute atomic E-state index is 10.7. The standard InChI is InChI=1S/C12H14N4O4S/c1-3-13-12-9(14-15-21-12)7-20-10-5-4-8(16(17)18)6-11(10)19-2/h4-6,13H,3,7H2,1-2H3. The van der Waals surface area contributed by atoms with Crippen LogP contribution >= 0.6 is 11.5 Å². The van der Waals surface area contributed by atoms with Crippen LogP contribution in [0.15, 0.2) is 18.2 Å². The summed E-state index contributed by atoms with van der Waals surface area (Å²) >= 11 is 1.25. The molecule has 0 amide bonds. The number of aromatic nitrogens is 2. The predicted molar refractivity (Wildman–Crippen MR) is 78.1 cm³/mol. The van der Waals surface area contributed by atoms with Gasteiger partial charge in [0.25, 0.3) is 5.69 Å². The Bertz CT molecular complexity index is 631. The zero-order chi connectivity index (χ0) is 15.2. The summed E-state index contributed by atoms with van der Waals surface area (Å²) in [5, 5.41) is 18.7. The summed E-state index contributed by atoms with van der Waals surface area (Å²) in [6.45, 7) is 2.94. The van der Waals surface area contributed by atoms with Crippen LogP contribution in [0.2, 0.25) is 0 Å². The Morgan fingerprint density at radius 3 is 2.90 bits per heavy atom. The molecule has 2 rings (SSSR count). The van der Waals surface area contributed by atoms with E-state index in [0.717, 1.165) is 11.5 Å². The summed E-state index contributed by atoms with van der Waals surface area (Å²) in [4.78, 5) is 10.2. The second-order valence-electron chi connectivity index (χ2n) is 3.96. The van der Waals surface area contributed by atoms with Crippen LogP contribution in [0.5, 0.6) is 11.5 Å². The van der Waals surface area contributed by atoms with Gasteiger partial charge in [0, 0.05) is 24.1 Å². The van der Waals surface area contributed by atoms with E-state index < -0.39 is 4.92 Å². The highest BCUT2D eigenvalue weighted by Gasteiger charge is 2.14. The minimum absolute atomic E-state index is 0.0529. The van der Waals surface area contributed by atoms with E-state index in [4.69, 9.17) is 9.47 Å². The van der Waals surface area contributed by atoms with Gasteiger partial charge in [0.1, 0.15) is 17.3 Å². The Labute approximate surface area is 125 Å². The molecule has 0 unspecified atom stereocenters. The van der Waals surface area contributed by atoms with Crippen molar-refractivity contribution < 1.29 is 14.4 Å². The van der Waals surface area contributed by atoms with Crippen LogP contribution in [0.1, 0.15) is 12.6 Å². The van der Waals surface area contributed by atoms with E-state index in [9.17, 15) is 10.1 Å². The molecule has 1 aromatic carbocycles. The van der Waals surface area contributed by atoms with Crippen LogP contribution in [0.3, 0.4) is 0 Å². The number of non-ortho nitro benzene ring substituents is 1. The largest absolute Gasteiger partial charge is 0.493 e. The highest BCUT2D eigenvalue weighted by molar-refractivity contribution is 7.10. The fraction of sp³-hybridized carbons (Fsp3) is 0.333. The smallest absolute Gasteiger partial charge is 0.273 e. The highest BCUT2D eigenvalue weighted by Crippen LogP contribution is 2.32. The average Bonchev–Trinajstić information content (AvgIpc) is 2.92. The number of anilines is 1. The molecule has 1 N–H and O–H groups in total. The van der Waals surface area contributed by atoms with Gasteiger partial charge in [0.05, 0.1) is 18.1 Å². The van der Waals surface area contributed by atoms with E-state index in [2.05, 4.69) is 14.9 Å². The first-order valence-corrected chi connectivity index (χ1v) is 6.93. The van der Waals surface area contributed by atoms with Crippen molar-refractivity contribution in [1.82, 2.24) is 9.59 Å². The minimum Gasteiger partial charge on any atom is -0.493 e. The second kappa shape index (κ2) is 6.84. The summed E-state index contributed by atoms with van der Waals surface area (Å²) in [5.74, 6) is 0.718. The van der Waals surface area contributed by atoms with Crippen molar-refractivity contribution in [2.75, 3.05) is 19.0 Å². The molecule has 2 aromatic rings. The molecule has 0 spiro atoms. The SMILES string of the molecule is CCNc1snnc1COc1ccc([N+](=O)[O-])cc1OC. The molecule has 0 radical (unpaired) electrons. The molecule has 0 saturated heterocycles. The number of nitro groups is 1. The van der Waals surface area contributed by atoms with Crippen molar-refractivity contribution >= 4 is 22.2 Å². The fourth-order valence-corrected chi connectivity index (χ4v) is 2.27. The summed E-state index contributed by atoms with van der Waals surface area (Å²) in [6.07, 6.45) is 0. The topological polar surface area (TPSA) is 99.4 Å². The molecule has 9 heteroatoms. The lowest BCUT2D eigenvalue weighted by Gasteiger charge is -2.10. The van der Waals surface area contributed by atoms with E-state index in [-0.39, 0.29) is 12.3 Å². The van der Waals surface area contributed by atoms with Gasteiger partial charge in [0.2, 0.25) is 0 Å². The molecule has 0 atom stereocenters. The van der Waals surface area contributed by atoms with Gasteiger partial charge >= 0.3 is 0 Å². The summed E-state index contributed by atoms with van der Waals surface area (Å²) in [6, 6.07) is 4.19. The molecule has 0 aliphatic heterocycles. The predicted octanol–water partition coefficient (Wildman–Crippen LogP) is 2.47. The van der Waals surface area contributed by atoms with Gasteiger partial charge in [0.15, 0.2) is 11.5 Å². The van der Waals surface area contributed by atoms with E-state index in [0.29, 0.717) is 17.2 Å². The first-order valence-electron chi connectivity index (χ1n) is 6.16. The molecule has 1 heterocycles. The number of hydrogen-bond acceptors (Lipinski definition) is 8. The van der Waals surface area contributed by atoms with Gasteiger partial charge in [-0.15, -0.1) is 5.10 Å². The summed E-state index contributed by atoms with van der Waals surface area (Å²) in [7, 11) is 1.43. The molecule has 0 aliphatic rings. The molecule has 0 bridgehead atoms. The number of nitro benzene ring substituents is 1. The molecule has 8 nitrogen and oxygen atoms in total. The van der Waals surface area contributed by atoms with Crippen LogP contribution in [0, 0.1) is 10.1 Å². The minimum atomic E-state index is -0.486. The normalized spacial score (nSPS) is 10.2. The first-order chi connectivity index (χ1) is 10.2. The lowest BCUT2D eigenvalue weighted by Crippen LogP contribution is -2.03. The van der Waals surface area contributed by atoms with Gasteiger partial charge in [-0.25, -0.2) is 0 Å². The molecule has 0 aliphatic carbocycles. The molecule has 1 aromatic heterocycles. The number of hydrogen-bond donors (Lipinski definition) is 1. The Balaban J connectivity index is 2.12. The van der Waals surface area contributed by atoms with Gasteiger partial charge < -0.3 is 14.8 Å². The number of nitrogens with zero attached hydrogens (tertiary/aromatic N) is 3. The molecular formula is C12H14N4O4S. The van der Waals surface area contributed by atoms with Crippen molar-refractivity contribution in [1.29, 1.82) is 0 Å². The monoisotopic (exact) mass is 310 g/mol. The summed E-state index contributed by atoms with van der Waals surface area (Å²) < 4.78 is 14.6.